The predicted molar refractivity (Wildman–Crippen MR) is 117 cm³/mol. The number of amides is 3. The molecule has 0 atom stereocenters. The Morgan fingerprint density at radius 1 is 1.13 bits per heavy atom. The Hall–Kier alpha value is -2.91. The summed E-state index contributed by atoms with van der Waals surface area (Å²) >= 11 is 3.08. The standard InChI is InChI=1S/C21H19N3O4S2/c1-28-13-7-8-16-17(11-13)30-21(23(16)9-10-29-2)22-18(25)12-24-19(26)14-5-3-4-6-15(14)20(24)27/h3-8,11H,9-10,12H2,1-2H3. The molecular formula is C21H19N3O4S2. The monoisotopic (exact) mass is 441 g/mol. The zero-order valence-electron chi connectivity index (χ0n) is 16.5. The van der Waals surface area contributed by atoms with Gasteiger partial charge in [0.25, 0.3) is 17.7 Å². The molecule has 7 nitrogen and oxygen atoms in total. The van der Waals surface area contributed by atoms with Crippen molar-refractivity contribution >= 4 is 51.0 Å². The fourth-order valence-electron chi connectivity index (χ4n) is 3.32. The summed E-state index contributed by atoms with van der Waals surface area (Å²) in [4.78, 5) is 43.4. The molecule has 0 spiro atoms. The van der Waals surface area contributed by atoms with E-state index in [-0.39, 0.29) is 6.54 Å². The second kappa shape index (κ2) is 8.45. The number of fused-ring (bicyclic) bond motifs is 2. The van der Waals surface area contributed by atoms with Gasteiger partial charge in [-0.3, -0.25) is 19.3 Å². The van der Waals surface area contributed by atoms with Crippen LogP contribution in [-0.2, 0) is 11.3 Å². The van der Waals surface area contributed by atoms with E-state index < -0.39 is 17.7 Å². The molecule has 154 valence electrons. The minimum Gasteiger partial charge on any atom is -0.497 e. The van der Waals surface area contributed by atoms with E-state index in [1.807, 2.05) is 29.0 Å². The van der Waals surface area contributed by atoms with Crippen molar-refractivity contribution in [3.8, 4) is 5.75 Å². The molecule has 0 bridgehead atoms. The SMILES string of the molecule is COc1ccc2c(c1)sc(=NC(=O)CN1C(=O)c3ccccc3C1=O)n2CCSC. The van der Waals surface area contributed by atoms with Crippen LogP contribution < -0.4 is 9.54 Å². The third kappa shape index (κ3) is 3.66. The summed E-state index contributed by atoms with van der Waals surface area (Å²) in [6.07, 6.45) is 2.02. The Morgan fingerprint density at radius 2 is 1.83 bits per heavy atom. The molecule has 1 aliphatic heterocycles. The molecule has 0 radical (unpaired) electrons. The van der Waals surface area contributed by atoms with E-state index >= 15 is 0 Å². The maximum absolute atomic E-state index is 12.7. The number of thiazole rings is 1. The molecule has 0 saturated heterocycles. The molecule has 0 aliphatic carbocycles. The number of hydrogen-bond donors (Lipinski definition) is 0. The minimum atomic E-state index is -0.541. The maximum atomic E-state index is 12.7. The van der Waals surface area contributed by atoms with Crippen LogP contribution in [0.25, 0.3) is 10.2 Å². The quantitative estimate of drug-likeness (QED) is 0.550. The lowest BCUT2D eigenvalue weighted by molar-refractivity contribution is -0.118. The average molecular weight is 442 g/mol. The molecule has 2 heterocycles. The first-order valence-corrected chi connectivity index (χ1v) is 11.4. The normalized spacial score (nSPS) is 13.9. The lowest BCUT2D eigenvalue weighted by Crippen LogP contribution is -2.35. The molecule has 0 fully saturated rings. The second-order valence-corrected chi connectivity index (χ2v) is 8.61. The molecule has 30 heavy (non-hydrogen) atoms. The number of aromatic nitrogens is 1. The lowest BCUT2D eigenvalue weighted by atomic mass is 10.1. The van der Waals surface area contributed by atoms with Crippen LogP contribution in [0, 0.1) is 0 Å². The third-order valence-corrected chi connectivity index (χ3v) is 6.43. The molecule has 3 amide bonds. The van der Waals surface area contributed by atoms with Gasteiger partial charge >= 0.3 is 0 Å². The van der Waals surface area contributed by atoms with Gasteiger partial charge in [0.15, 0.2) is 4.80 Å². The van der Waals surface area contributed by atoms with Crippen molar-refractivity contribution in [3.63, 3.8) is 0 Å². The van der Waals surface area contributed by atoms with E-state index in [9.17, 15) is 14.4 Å². The van der Waals surface area contributed by atoms with E-state index in [2.05, 4.69) is 4.99 Å². The number of hydrogen-bond acceptors (Lipinski definition) is 6. The molecule has 1 aromatic heterocycles. The number of carbonyl (C=O) groups excluding carboxylic acids is 3. The topological polar surface area (TPSA) is 81.0 Å². The van der Waals surface area contributed by atoms with Gasteiger partial charge in [0.2, 0.25) is 0 Å². The highest BCUT2D eigenvalue weighted by Crippen LogP contribution is 2.24. The first-order valence-electron chi connectivity index (χ1n) is 9.22. The van der Waals surface area contributed by atoms with Crippen molar-refractivity contribution in [2.75, 3.05) is 25.7 Å². The first-order chi connectivity index (χ1) is 14.5. The highest BCUT2D eigenvalue weighted by atomic mass is 32.2. The Bertz CT molecular complexity index is 1190. The first kappa shape index (κ1) is 20.4. The summed E-state index contributed by atoms with van der Waals surface area (Å²) < 4.78 is 8.22. The Labute approximate surface area is 181 Å². The third-order valence-electron chi connectivity index (χ3n) is 4.80. The molecule has 9 heteroatoms. The highest BCUT2D eigenvalue weighted by molar-refractivity contribution is 7.98. The molecule has 4 rings (SSSR count). The molecule has 0 saturated carbocycles. The number of ether oxygens (including phenoxy) is 1. The second-order valence-electron chi connectivity index (χ2n) is 6.61. The number of benzene rings is 2. The zero-order valence-corrected chi connectivity index (χ0v) is 18.1. The van der Waals surface area contributed by atoms with Gasteiger partial charge in [-0.15, -0.1) is 0 Å². The van der Waals surface area contributed by atoms with Crippen LogP contribution in [-0.4, -0.2) is 52.9 Å². The molecule has 0 N–H and O–H groups in total. The van der Waals surface area contributed by atoms with Crippen LogP contribution in [0.15, 0.2) is 47.5 Å². The average Bonchev–Trinajstić information content (AvgIpc) is 3.21. The van der Waals surface area contributed by atoms with Crippen molar-refractivity contribution in [1.82, 2.24) is 9.47 Å². The van der Waals surface area contributed by atoms with E-state index in [0.29, 0.717) is 22.5 Å². The number of nitrogens with zero attached hydrogens (tertiary/aromatic N) is 3. The maximum Gasteiger partial charge on any atom is 0.268 e. The summed E-state index contributed by atoms with van der Waals surface area (Å²) in [6.45, 7) is 0.305. The van der Waals surface area contributed by atoms with E-state index in [4.69, 9.17) is 4.74 Å². The summed E-state index contributed by atoms with van der Waals surface area (Å²) in [7, 11) is 1.60. The summed E-state index contributed by atoms with van der Waals surface area (Å²) in [5, 5.41) is 0. The zero-order chi connectivity index (χ0) is 21.3. The van der Waals surface area contributed by atoms with Gasteiger partial charge in [-0.2, -0.15) is 16.8 Å². The molecular weight excluding hydrogens is 422 g/mol. The summed E-state index contributed by atoms with van der Waals surface area (Å²) in [5.74, 6) is 0.119. The van der Waals surface area contributed by atoms with Crippen LogP contribution in [0.1, 0.15) is 20.7 Å². The number of carbonyl (C=O) groups is 3. The van der Waals surface area contributed by atoms with Crippen LogP contribution >= 0.6 is 23.1 Å². The van der Waals surface area contributed by atoms with Crippen LogP contribution in [0.5, 0.6) is 5.75 Å². The van der Waals surface area contributed by atoms with E-state index in [1.54, 1.807) is 43.1 Å². The van der Waals surface area contributed by atoms with Crippen LogP contribution in [0.4, 0.5) is 0 Å². The largest absolute Gasteiger partial charge is 0.497 e. The van der Waals surface area contributed by atoms with Crippen LogP contribution in [0.3, 0.4) is 0 Å². The van der Waals surface area contributed by atoms with Gasteiger partial charge in [0, 0.05) is 12.3 Å². The Morgan fingerprint density at radius 3 is 2.47 bits per heavy atom. The smallest absolute Gasteiger partial charge is 0.268 e. The Balaban J connectivity index is 1.66. The van der Waals surface area contributed by atoms with Crippen molar-refractivity contribution < 1.29 is 19.1 Å². The molecule has 1 aliphatic rings. The van der Waals surface area contributed by atoms with Crippen molar-refractivity contribution in [3.05, 3.63) is 58.4 Å². The van der Waals surface area contributed by atoms with E-state index in [1.165, 1.54) is 11.3 Å². The van der Waals surface area contributed by atoms with Gasteiger partial charge in [-0.25, -0.2) is 0 Å². The molecule has 2 aromatic carbocycles. The number of imide groups is 1. The number of rotatable bonds is 6. The minimum absolute atomic E-state index is 0.319. The molecule has 3 aromatic rings. The van der Waals surface area contributed by atoms with Gasteiger partial charge in [-0.1, -0.05) is 23.5 Å². The predicted octanol–water partition coefficient (Wildman–Crippen LogP) is 2.80. The summed E-state index contributed by atoms with van der Waals surface area (Å²) in [6, 6.07) is 12.3. The van der Waals surface area contributed by atoms with Crippen molar-refractivity contribution in [2.24, 2.45) is 4.99 Å². The Kier molecular flexibility index (Phi) is 5.74. The number of methoxy groups -OCH3 is 1. The molecule has 0 unspecified atom stereocenters. The number of aryl methyl sites for hydroxylation is 1. The van der Waals surface area contributed by atoms with Crippen molar-refractivity contribution in [2.45, 2.75) is 6.54 Å². The van der Waals surface area contributed by atoms with Gasteiger partial charge in [0.05, 0.1) is 28.5 Å². The van der Waals surface area contributed by atoms with E-state index in [0.717, 1.165) is 26.6 Å². The fourth-order valence-corrected chi connectivity index (χ4v) is 4.79. The lowest BCUT2D eigenvalue weighted by Gasteiger charge is -2.10. The van der Waals surface area contributed by atoms with Crippen molar-refractivity contribution in [1.29, 1.82) is 0 Å². The van der Waals surface area contributed by atoms with Gasteiger partial charge in [0.1, 0.15) is 12.3 Å². The summed E-state index contributed by atoms with van der Waals surface area (Å²) in [5.41, 5.74) is 1.60. The van der Waals surface area contributed by atoms with Gasteiger partial charge in [-0.05, 0) is 36.6 Å². The van der Waals surface area contributed by atoms with Crippen LogP contribution in [0.2, 0.25) is 0 Å². The van der Waals surface area contributed by atoms with Gasteiger partial charge < -0.3 is 9.30 Å². The number of thioether (sulfide) groups is 1. The highest BCUT2D eigenvalue weighted by Gasteiger charge is 2.36. The fraction of sp³-hybridized carbons (Fsp3) is 0.238.